The molecule has 78 valence electrons. The second-order valence-corrected chi connectivity index (χ2v) is 3.05. The molecule has 0 fully saturated rings. The number of aryl methyl sites for hydroxylation is 1. The van der Waals surface area contributed by atoms with E-state index in [9.17, 15) is 4.39 Å². The number of rotatable bonds is 4. The standard InChI is InChI=1S/C9H14FN3O/c1-6(14-3)4-11-9-8(10)7(2)12-5-13-9/h5-6H,4H2,1-3H3,(H,11,12,13). The van der Waals surface area contributed by atoms with Gasteiger partial charge in [-0.1, -0.05) is 0 Å². The summed E-state index contributed by atoms with van der Waals surface area (Å²) >= 11 is 0. The molecule has 1 aromatic heterocycles. The maximum atomic E-state index is 13.3. The van der Waals surface area contributed by atoms with Crippen LogP contribution in [0.5, 0.6) is 0 Å². The zero-order chi connectivity index (χ0) is 10.6. The molecule has 0 saturated carbocycles. The number of hydrogen-bond acceptors (Lipinski definition) is 4. The van der Waals surface area contributed by atoms with Crippen LogP contribution in [0.1, 0.15) is 12.6 Å². The van der Waals surface area contributed by atoms with Gasteiger partial charge < -0.3 is 10.1 Å². The summed E-state index contributed by atoms with van der Waals surface area (Å²) < 4.78 is 18.3. The summed E-state index contributed by atoms with van der Waals surface area (Å²) in [5.41, 5.74) is 0.340. The quantitative estimate of drug-likeness (QED) is 0.795. The number of methoxy groups -OCH3 is 1. The van der Waals surface area contributed by atoms with Gasteiger partial charge in [0.2, 0.25) is 0 Å². The van der Waals surface area contributed by atoms with Crippen molar-refractivity contribution < 1.29 is 9.13 Å². The third kappa shape index (κ3) is 2.63. The molecule has 0 aromatic carbocycles. The Balaban J connectivity index is 2.63. The SMILES string of the molecule is COC(C)CNc1ncnc(C)c1F. The summed E-state index contributed by atoms with van der Waals surface area (Å²) in [6.07, 6.45) is 1.35. The lowest BCUT2D eigenvalue weighted by Crippen LogP contribution is -2.19. The number of hydrogen-bond donors (Lipinski definition) is 1. The molecule has 1 N–H and O–H groups in total. The molecule has 0 aliphatic carbocycles. The van der Waals surface area contributed by atoms with Crippen molar-refractivity contribution in [2.24, 2.45) is 0 Å². The molecule has 0 amide bonds. The van der Waals surface area contributed by atoms with Crippen LogP contribution in [-0.2, 0) is 4.74 Å². The minimum absolute atomic E-state index is 0.0182. The molecule has 0 spiro atoms. The van der Waals surface area contributed by atoms with Crippen molar-refractivity contribution in [2.75, 3.05) is 19.0 Å². The van der Waals surface area contributed by atoms with Crippen LogP contribution in [0.4, 0.5) is 10.2 Å². The number of anilines is 1. The van der Waals surface area contributed by atoms with E-state index >= 15 is 0 Å². The molecule has 4 nitrogen and oxygen atoms in total. The van der Waals surface area contributed by atoms with Gasteiger partial charge in [-0.15, -0.1) is 0 Å². The molecule has 5 heteroatoms. The maximum Gasteiger partial charge on any atom is 0.186 e. The number of ether oxygens (including phenoxy) is 1. The molecular weight excluding hydrogens is 185 g/mol. The molecule has 1 heterocycles. The molecule has 0 aliphatic rings. The predicted octanol–water partition coefficient (Wildman–Crippen LogP) is 1.37. The van der Waals surface area contributed by atoms with Gasteiger partial charge in [0.1, 0.15) is 6.33 Å². The number of nitrogens with zero attached hydrogens (tertiary/aromatic N) is 2. The molecule has 1 aromatic rings. The van der Waals surface area contributed by atoms with Crippen LogP contribution in [0.25, 0.3) is 0 Å². The van der Waals surface area contributed by atoms with Crippen LogP contribution in [-0.4, -0.2) is 29.7 Å². The fraction of sp³-hybridized carbons (Fsp3) is 0.556. The molecule has 1 rings (SSSR count). The van der Waals surface area contributed by atoms with E-state index in [2.05, 4.69) is 15.3 Å². The fourth-order valence-electron chi connectivity index (χ4n) is 0.905. The van der Waals surface area contributed by atoms with Gasteiger partial charge in [0.25, 0.3) is 0 Å². The predicted molar refractivity (Wildman–Crippen MR) is 51.7 cm³/mol. The molecule has 1 unspecified atom stereocenters. The number of halogens is 1. The lowest BCUT2D eigenvalue weighted by atomic mass is 10.3. The molecule has 0 bridgehead atoms. The molecule has 0 aliphatic heterocycles. The highest BCUT2D eigenvalue weighted by molar-refractivity contribution is 5.36. The first-order chi connectivity index (χ1) is 6.65. The zero-order valence-corrected chi connectivity index (χ0v) is 8.54. The lowest BCUT2D eigenvalue weighted by molar-refractivity contribution is 0.128. The van der Waals surface area contributed by atoms with Gasteiger partial charge in [-0.25, -0.2) is 14.4 Å². The summed E-state index contributed by atoms with van der Waals surface area (Å²) in [5.74, 6) is -0.183. The Bertz CT molecular complexity index is 306. The molecule has 14 heavy (non-hydrogen) atoms. The van der Waals surface area contributed by atoms with E-state index in [-0.39, 0.29) is 11.9 Å². The third-order valence-electron chi connectivity index (χ3n) is 1.92. The van der Waals surface area contributed by atoms with Crippen LogP contribution >= 0.6 is 0 Å². The summed E-state index contributed by atoms with van der Waals surface area (Å²) in [6, 6.07) is 0. The second-order valence-electron chi connectivity index (χ2n) is 3.05. The Morgan fingerprint density at radius 2 is 2.29 bits per heavy atom. The maximum absolute atomic E-state index is 13.3. The van der Waals surface area contributed by atoms with Gasteiger partial charge in [-0.2, -0.15) is 0 Å². The topological polar surface area (TPSA) is 47.0 Å². The average Bonchev–Trinajstić information content (AvgIpc) is 2.20. The molecule has 1 atom stereocenters. The first kappa shape index (κ1) is 10.8. The lowest BCUT2D eigenvalue weighted by Gasteiger charge is -2.11. The highest BCUT2D eigenvalue weighted by Crippen LogP contribution is 2.11. The van der Waals surface area contributed by atoms with Crippen LogP contribution < -0.4 is 5.32 Å². The number of aromatic nitrogens is 2. The van der Waals surface area contributed by atoms with Crippen molar-refractivity contribution >= 4 is 5.82 Å². The highest BCUT2D eigenvalue weighted by atomic mass is 19.1. The summed E-state index contributed by atoms with van der Waals surface area (Å²) in [6.45, 7) is 4.00. The van der Waals surface area contributed by atoms with E-state index in [1.165, 1.54) is 6.33 Å². The fourth-order valence-corrected chi connectivity index (χ4v) is 0.905. The minimum atomic E-state index is -0.407. The van der Waals surface area contributed by atoms with Crippen LogP contribution in [0.2, 0.25) is 0 Å². The van der Waals surface area contributed by atoms with Gasteiger partial charge in [-0.3, -0.25) is 0 Å². The van der Waals surface area contributed by atoms with Crippen molar-refractivity contribution in [3.63, 3.8) is 0 Å². The smallest absolute Gasteiger partial charge is 0.186 e. The van der Waals surface area contributed by atoms with Crippen LogP contribution in [0.3, 0.4) is 0 Å². The summed E-state index contributed by atoms with van der Waals surface area (Å²) in [5, 5.41) is 2.85. The average molecular weight is 199 g/mol. The van der Waals surface area contributed by atoms with E-state index in [1.54, 1.807) is 14.0 Å². The van der Waals surface area contributed by atoms with Crippen molar-refractivity contribution in [2.45, 2.75) is 20.0 Å². The van der Waals surface area contributed by atoms with Gasteiger partial charge in [0.15, 0.2) is 11.6 Å². The minimum Gasteiger partial charge on any atom is -0.380 e. The molecule has 0 radical (unpaired) electrons. The normalized spacial score (nSPS) is 12.6. The van der Waals surface area contributed by atoms with E-state index in [0.29, 0.717) is 12.2 Å². The van der Waals surface area contributed by atoms with Crippen LogP contribution in [0.15, 0.2) is 6.33 Å². The Labute approximate surface area is 82.5 Å². The van der Waals surface area contributed by atoms with Crippen molar-refractivity contribution in [1.29, 1.82) is 0 Å². The van der Waals surface area contributed by atoms with Crippen molar-refractivity contribution in [3.8, 4) is 0 Å². The Morgan fingerprint density at radius 3 is 2.93 bits per heavy atom. The van der Waals surface area contributed by atoms with E-state index < -0.39 is 5.82 Å². The Hall–Kier alpha value is -1.23. The summed E-state index contributed by atoms with van der Waals surface area (Å²) in [4.78, 5) is 7.52. The first-order valence-electron chi connectivity index (χ1n) is 4.39. The van der Waals surface area contributed by atoms with Crippen LogP contribution in [0, 0.1) is 12.7 Å². The van der Waals surface area contributed by atoms with Gasteiger partial charge in [-0.05, 0) is 13.8 Å². The van der Waals surface area contributed by atoms with Gasteiger partial charge in [0, 0.05) is 13.7 Å². The van der Waals surface area contributed by atoms with Gasteiger partial charge >= 0.3 is 0 Å². The molecular formula is C9H14FN3O. The van der Waals surface area contributed by atoms with E-state index in [4.69, 9.17) is 4.74 Å². The van der Waals surface area contributed by atoms with Crippen molar-refractivity contribution in [3.05, 3.63) is 17.8 Å². The monoisotopic (exact) mass is 199 g/mol. The van der Waals surface area contributed by atoms with E-state index in [0.717, 1.165) is 0 Å². The first-order valence-corrected chi connectivity index (χ1v) is 4.39. The summed E-state index contributed by atoms with van der Waals surface area (Å²) in [7, 11) is 1.61. The van der Waals surface area contributed by atoms with Gasteiger partial charge in [0.05, 0.1) is 11.8 Å². The molecule has 0 saturated heterocycles. The zero-order valence-electron chi connectivity index (χ0n) is 8.54. The van der Waals surface area contributed by atoms with E-state index in [1.807, 2.05) is 6.92 Å². The number of nitrogens with one attached hydrogen (secondary N) is 1. The Kier molecular flexibility index (Phi) is 3.76. The highest BCUT2D eigenvalue weighted by Gasteiger charge is 2.07. The second kappa shape index (κ2) is 4.85. The van der Waals surface area contributed by atoms with Crippen molar-refractivity contribution in [1.82, 2.24) is 9.97 Å². The largest absolute Gasteiger partial charge is 0.380 e. The Morgan fingerprint density at radius 1 is 1.57 bits per heavy atom. The third-order valence-corrected chi connectivity index (χ3v) is 1.92.